The van der Waals surface area contributed by atoms with E-state index >= 15 is 0 Å². The Bertz CT molecular complexity index is 718. The summed E-state index contributed by atoms with van der Waals surface area (Å²) in [6.07, 6.45) is 1.97. The third kappa shape index (κ3) is 7.55. The molecule has 7 heteroatoms. The third-order valence-electron chi connectivity index (χ3n) is 5.21. The van der Waals surface area contributed by atoms with Gasteiger partial charge in [-0.05, 0) is 54.6 Å². The van der Waals surface area contributed by atoms with Gasteiger partial charge in [0.15, 0.2) is 5.96 Å². The van der Waals surface area contributed by atoms with E-state index in [-0.39, 0.29) is 35.6 Å². The van der Waals surface area contributed by atoms with Crippen molar-refractivity contribution in [2.75, 3.05) is 26.3 Å². The number of ether oxygens (including phenoxy) is 1. The first kappa shape index (κ1) is 24.1. The standard InChI is InChI=1S/C22H32N4OS.HI/c1-3-23-21(24-15-19-9-14-28-16-19)25-17-22(10-12-27-13-11-22)26-18(2)20-7-5-4-6-8-20;/h4-9,14,16,18,26H,3,10-13,15,17H2,1-2H3,(H2,23,24,25);1H. The molecule has 0 bridgehead atoms. The third-order valence-corrected chi connectivity index (χ3v) is 5.94. The van der Waals surface area contributed by atoms with Gasteiger partial charge in [-0.15, -0.1) is 24.0 Å². The largest absolute Gasteiger partial charge is 0.381 e. The fourth-order valence-corrected chi connectivity index (χ4v) is 4.23. The van der Waals surface area contributed by atoms with Crippen LogP contribution in [0.25, 0.3) is 0 Å². The van der Waals surface area contributed by atoms with Crippen molar-refractivity contribution in [1.82, 2.24) is 16.0 Å². The molecule has 3 N–H and O–H groups in total. The second-order valence-corrected chi connectivity index (χ2v) is 8.13. The molecule has 1 saturated heterocycles. The molecule has 0 saturated carbocycles. The van der Waals surface area contributed by atoms with E-state index in [4.69, 9.17) is 9.73 Å². The fraction of sp³-hybridized carbons (Fsp3) is 0.500. The van der Waals surface area contributed by atoms with Crippen molar-refractivity contribution >= 4 is 41.3 Å². The smallest absolute Gasteiger partial charge is 0.191 e. The molecule has 2 aromatic rings. The zero-order chi connectivity index (χ0) is 19.7. The number of nitrogens with zero attached hydrogens (tertiary/aromatic N) is 1. The van der Waals surface area contributed by atoms with Crippen molar-refractivity contribution in [3.05, 3.63) is 58.3 Å². The maximum atomic E-state index is 5.65. The Labute approximate surface area is 195 Å². The van der Waals surface area contributed by atoms with Gasteiger partial charge in [0.2, 0.25) is 0 Å². The highest BCUT2D eigenvalue weighted by molar-refractivity contribution is 14.0. The maximum absolute atomic E-state index is 5.65. The average molecular weight is 529 g/mol. The molecule has 160 valence electrons. The van der Waals surface area contributed by atoms with Crippen LogP contribution < -0.4 is 16.0 Å². The Morgan fingerprint density at radius 2 is 1.93 bits per heavy atom. The topological polar surface area (TPSA) is 57.7 Å². The molecule has 0 spiro atoms. The van der Waals surface area contributed by atoms with Crippen molar-refractivity contribution in [3.63, 3.8) is 0 Å². The predicted octanol–water partition coefficient (Wildman–Crippen LogP) is 4.32. The summed E-state index contributed by atoms with van der Waals surface area (Å²) < 4.78 is 5.65. The SMILES string of the molecule is CCNC(=NCc1ccsc1)NCC1(NC(C)c2ccccc2)CCOCC1.I. The summed E-state index contributed by atoms with van der Waals surface area (Å²) in [5.74, 6) is 0.869. The first-order chi connectivity index (χ1) is 13.7. The number of benzene rings is 1. The van der Waals surface area contributed by atoms with Crippen LogP contribution in [0.3, 0.4) is 0 Å². The fourth-order valence-electron chi connectivity index (χ4n) is 3.57. The second kappa shape index (κ2) is 12.5. The first-order valence-electron chi connectivity index (χ1n) is 10.1. The Hall–Kier alpha value is -1.16. The lowest BCUT2D eigenvalue weighted by molar-refractivity contribution is 0.0355. The summed E-state index contributed by atoms with van der Waals surface area (Å²) in [6.45, 7) is 8.28. The van der Waals surface area contributed by atoms with Gasteiger partial charge in [0.05, 0.1) is 6.54 Å². The number of rotatable bonds is 8. The molecule has 29 heavy (non-hydrogen) atoms. The lowest BCUT2D eigenvalue weighted by atomic mass is 9.88. The van der Waals surface area contributed by atoms with E-state index in [9.17, 15) is 0 Å². The Kier molecular flexibility index (Phi) is 10.4. The van der Waals surface area contributed by atoms with Gasteiger partial charge in [0, 0.05) is 37.9 Å². The quantitative estimate of drug-likeness (QED) is 0.272. The summed E-state index contributed by atoms with van der Waals surface area (Å²) in [4.78, 5) is 4.75. The lowest BCUT2D eigenvalue weighted by Crippen LogP contribution is -2.58. The van der Waals surface area contributed by atoms with Gasteiger partial charge >= 0.3 is 0 Å². The summed E-state index contributed by atoms with van der Waals surface area (Å²) in [5.41, 5.74) is 2.55. The Balaban J connectivity index is 0.00000300. The summed E-state index contributed by atoms with van der Waals surface area (Å²) in [7, 11) is 0. The van der Waals surface area contributed by atoms with Crippen LogP contribution in [0.4, 0.5) is 0 Å². The van der Waals surface area contributed by atoms with Crippen molar-refractivity contribution in [2.45, 2.75) is 44.8 Å². The molecular weight excluding hydrogens is 495 g/mol. The highest BCUT2D eigenvalue weighted by Crippen LogP contribution is 2.25. The Morgan fingerprint density at radius 1 is 1.17 bits per heavy atom. The number of hydrogen-bond acceptors (Lipinski definition) is 4. The number of hydrogen-bond donors (Lipinski definition) is 3. The molecule has 1 unspecified atom stereocenters. The van der Waals surface area contributed by atoms with Crippen LogP contribution in [0.5, 0.6) is 0 Å². The molecule has 2 heterocycles. The van der Waals surface area contributed by atoms with Crippen LogP contribution in [0.15, 0.2) is 52.2 Å². The number of guanidine groups is 1. The van der Waals surface area contributed by atoms with Gasteiger partial charge in [-0.3, -0.25) is 0 Å². The number of halogens is 1. The molecule has 0 amide bonds. The molecular formula is C22H33IN4OS. The summed E-state index contributed by atoms with van der Waals surface area (Å²) >= 11 is 1.71. The van der Waals surface area contributed by atoms with Gasteiger partial charge in [-0.1, -0.05) is 30.3 Å². The normalized spacial score (nSPS) is 17.2. The van der Waals surface area contributed by atoms with Crippen LogP contribution >= 0.6 is 35.3 Å². The minimum absolute atomic E-state index is 0. The molecule has 0 radical (unpaired) electrons. The molecule has 1 fully saturated rings. The summed E-state index contributed by atoms with van der Waals surface area (Å²) in [6, 6.07) is 13.0. The van der Waals surface area contributed by atoms with Gasteiger partial charge in [0.1, 0.15) is 0 Å². The van der Waals surface area contributed by atoms with Crippen LogP contribution in [0.2, 0.25) is 0 Å². The van der Waals surface area contributed by atoms with Crippen molar-refractivity contribution in [2.24, 2.45) is 4.99 Å². The molecule has 1 aliphatic rings. The van der Waals surface area contributed by atoms with Crippen molar-refractivity contribution in [3.8, 4) is 0 Å². The lowest BCUT2D eigenvalue weighted by Gasteiger charge is -2.41. The van der Waals surface area contributed by atoms with E-state index < -0.39 is 0 Å². The van der Waals surface area contributed by atoms with E-state index in [1.54, 1.807) is 11.3 Å². The van der Waals surface area contributed by atoms with E-state index in [1.165, 1.54) is 11.1 Å². The van der Waals surface area contributed by atoms with Gasteiger partial charge in [0.25, 0.3) is 0 Å². The summed E-state index contributed by atoms with van der Waals surface area (Å²) in [5, 5.41) is 15.1. The number of thiophene rings is 1. The number of nitrogens with one attached hydrogen (secondary N) is 3. The number of aliphatic imine (C=N–C) groups is 1. The molecule has 1 aromatic heterocycles. The Morgan fingerprint density at radius 3 is 2.59 bits per heavy atom. The van der Waals surface area contributed by atoms with Crippen LogP contribution in [0.1, 0.15) is 43.9 Å². The molecule has 3 rings (SSSR count). The zero-order valence-electron chi connectivity index (χ0n) is 17.3. The highest BCUT2D eigenvalue weighted by Gasteiger charge is 2.34. The van der Waals surface area contributed by atoms with Crippen LogP contribution in [-0.4, -0.2) is 37.8 Å². The minimum Gasteiger partial charge on any atom is -0.381 e. The van der Waals surface area contributed by atoms with Gasteiger partial charge in [-0.2, -0.15) is 11.3 Å². The zero-order valence-corrected chi connectivity index (χ0v) is 20.5. The van der Waals surface area contributed by atoms with Crippen LogP contribution in [-0.2, 0) is 11.3 Å². The van der Waals surface area contributed by atoms with E-state index in [0.717, 1.165) is 45.1 Å². The monoisotopic (exact) mass is 528 g/mol. The van der Waals surface area contributed by atoms with Crippen molar-refractivity contribution < 1.29 is 4.74 Å². The van der Waals surface area contributed by atoms with Gasteiger partial charge in [-0.25, -0.2) is 4.99 Å². The van der Waals surface area contributed by atoms with Gasteiger partial charge < -0.3 is 20.7 Å². The first-order valence-corrected chi connectivity index (χ1v) is 11.1. The predicted molar refractivity (Wildman–Crippen MR) is 133 cm³/mol. The maximum Gasteiger partial charge on any atom is 0.191 e. The van der Waals surface area contributed by atoms with Crippen molar-refractivity contribution in [1.29, 1.82) is 0 Å². The molecule has 1 atom stereocenters. The molecule has 5 nitrogen and oxygen atoms in total. The molecule has 1 aromatic carbocycles. The van der Waals surface area contributed by atoms with E-state index in [2.05, 4.69) is 77.0 Å². The average Bonchev–Trinajstić information content (AvgIpc) is 3.25. The van der Waals surface area contributed by atoms with E-state index in [1.807, 2.05) is 0 Å². The minimum atomic E-state index is -0.00786. The molecule has 1 aliphatic heterocycles. The molecule has 0 aliphatic carbocycles. The second-order valence-electron chi connectivity index (χ2n) is 7.35. The van der Waals surface area contributed by atoms with Crippen LogP contribution in [0, 0.1) is 0 Å². The highest BCUT2D eigenvalue weighted by atomic mass is 127. The van der Waals surface area contributed by atoms with E-state index in [0.29, 0.717) is 6.54 Å².